The van der Waals surface area contributed by atoms with E-state index in [9.17, 15) is 4.79 Å². The van der Waals surface area contributed by atoms with Gasteiger partial charge in [0.25, 0.3) is 5.91 Å². The summed E-state index contributed by atoms with van der Waals surface area (Å²) in [6.45, 7) is 2.24. The Morgan fingerprint density at radius 2 is 2.33 bits per heavy atom. The Labute approximate surface area is 104 Å². The lowest BCUT2D eigenvalue weighted by Crippen LogP contribution is -2.27. The first-order valence-corrected chi connectivity index (χ1v) is 5.51. The number of aryl methyl sites for hydroxylation is 1. The summed E-state index contributed by atoms with van der Waals surface area (Å²) in [6, 6.07) is 1.62. The van der Waals surface area contributed by atoms with Crippen LogP contribution in [-0.2, 0) is 6.42 Å². The largest absolute Gasteiger partial charge is 0.397 e. The van der Waals surface area contributed by atoms with E-state index in [1.807, 2.05) is 0 Å². The standard InChI is InChI=1S/C11H14N6O/c1-7-9(4-8(12)5-14-7)11(18)13-3-2-10-15-6-16-17-10/h4-6H,2-3,12H2,1H3,(H,13,18)(H,15,16,17). The maximum atomic E-state index is 11.9. The van der Waals surface area contributed by atoms with Crippen LogP contribution >= 0.6 is 0 Å². The van der Waals surface area contributed by atoms with Crippen LogP contribution in [-0.4, -0.2) is 32.6 Å². The Bertz CT molecular complexity index is 536. The molecule has 0 aliphatic heterocycles. The lowest BCUT2D eigenvalue weighted by Gasteiger charge is -2.07. The van der Waals surface area contributed by atoms with Crippen LogP contribution in [0.5, 0.6) is 0 Å². The predicted octanol–water partition coefficient (Wildman–Crippen LogP) is 0.0628. The molecule has 7 heteroatoms. The van der Waals surface area contributed by atoms with E-state index in [0.717, 1.165) is 5.82 Å². The van der Waals surface area contributed by atoms with E-state index >= 15 is 0 Å². The van der Waals surface area contributed by atoms with Gasteiger partial charge in [-0.3, -0.25) is 14.9 Å². The third kappa shape index (κ3) is 2.82. The van der Waals surface area contributed by atoms with Crippen molar-refractivity contribution >= 4 is 11.6 Å². The van der Waals surface area contributed by atoms with Gasteiger partial charge in [-0.05, 0) is 13.0 Å². The molecular weight excluding hydrogens is 232 g/mol. The zero-order valence-corrected chi connectivity index (χ0v) is 9.97. The van der Waals surface area contributed by atoms with Crippen molar-refractivity contribution in [1.29, 1.82) is 0 Å². The minimum atomic E-state index is -0.188. The van der Waals surface area contributed by atoms with Crippen molar-refractivity contribution in [2.24, 2.45) is 0 Å². The number of nitrogens with two attached hydrogens (primary N) is 1. The first-order valence-electron chi connectivity index (χ1n) is 5.51. The molecule has 2 aromatic rings. The van der Waals surface area contributed by atoms with E-state index < -0.39 is 0 Å². The van der Waals surface area contributed by atoms with Crippen LogP contribution in [0.4, 0.5) is 5.69 Å². The highest BCUT2D eigenvalue weighted by Crippen LogP contribution is 2.09. The summed E-state index contributed by atoms with van der Waals surface area (Å²) in [7, 11) is 0. The molecule has 0 aromatic carbocycles. The van der Waals surface area contributed by atoms with Gasteiger partial charge in [0, 0.05) is 13.0 Å². The third-order valence-corrected chi connectivity index (χ3v) is 2.46. The molecule has 94 valence electrons. The third-order valence-electron chi connectivity index (χ3n) is 2.46. The predicted molar refractivity (Wildman–Crippen MR) is 65.8 cm³/mol. The molecule has 2 aromatic heterocycles. The number of aromatic nitrogens is 4. The molecule has 0 spiro atoms. The second-order valence-corrected chi connectivity index (χ2v) is 3.84. The number of H-pyrrole nitrogens is 1. The van der Waals surface area contributed by atoms with Crippen LogP contribution < -0.4 is 11.1 Å². The molecule has 0 radical (unpaired) electrons. The van der Waals surface area contributed by atoms with Crippen molar-refractivity contribution in [3.63, 3.8) is 0 Å². The van der Waals surface area contributed by atoms with Gasteiger partial charge in [0.15, 0.2) is 0 Å². The monoisotopic (exact) mass is 246 g/mol. The van der Waals surface area contributed by atoms with E-state index in [2.05, 4.69) is 25.5 Å². The molecule has 0 aliphatic carbocycles. The normalized spacial score (nSPS) is 10.3. The van der Waals surface area contributed by atoms with Gasteiger partial charge >= 0.3 is 0 Å². The summed E-state index contributed by atoms with van der Waals surface area (Å²) in [6.07, 6.45) is 3.56. The second kappa shape index (κ2) is 5.26. The Kier molecular flexibility index (Phi) is 3.52. The molecule has 0 saturated carbocycles. The number of nitrogen functional groups attached to an aromatic ring is 1. The molecular formula is C11H14N6O. The van der Waals surface area contributed by atoms with Crippen LogP contribution in [0, 0.1) is 6.92 Å². The number of carbonyl (C=O) groups is 1. The van der Waals surface area contributed by atoms with Crippen molar-refractivity contribution in [3.8, 4) is 0 Å². The highest BCUT2D eigenvalue weighted by Gasteiger charge is 2.10. The number of nitrogens with one attached hydrogen (secondary N) is 2. The molecule has 0 aliphatic rings. The lowest BCUT2D eigenvalue weighted by molar-refractivity contribution is 0.0953. The van der Waals surface area contributed by atoms with Crippen molar-refractivity contribution in [2.45, 2.75) is 13.3 Å². The van der Waals surface area contributed by atoms with Gasteiger partial charge in [-0.15, -0.1) is 0 Å². The highest BCUT2D eigenvalue weighted by atomic mass is 16.1. The number of amides is 1. The Hall–Kier alpha value is -2.44. The minimum absolute atomic E-state index is 0.188. The van der Waals surface area contributed by atoms with Gasteiger partial charge in [0.1, 0.15) is 12.2 Å². The molecule has 2 rings (SSSR count). The molecule has 0 fully saturated rings. The van der Waals surface area contributed by atoms with Gasteiger partial charge in [0.2, 0.25) is 0 Å². The molecule has 0 atom stereocenters. The van der Waals surface area contributed by atoms with E-state index in [1.54, 1.807) is 13.0 Å². The second-order valence-electron chi connectivity index (χ2n) is 3.84. The lowest BCUT2D eigenvalue weighted by atomic mass is 10.2. The summed E-state index contributed by atoms with van der Waals surface area (Å²) in [4.78, 5) is 19.9. The number of hydrogen-bond donors (Lipinski definition) is 3. The number of hydrogen-bond acceptors (Lipinski definition) is 5. The van der Waals surface area contributed by atoms with E-state index in [-0.39, 0.29) is 5.91 Å². The van der Waals surface area contributed by atoms with Gasteiger partial charge in [0.05, 0.1) is 23.1 Å². The number of anilines is 1. The summed E-state index contributed by atoms with van der Waals surface area (Å²) in [5.41, 5.74) is 7.23. The first kappa shape index (κ1) is 12.0. The smallest absolute Gasteiger partial charge is 0.253 e. The van der Waals surface area contributed by atoms with Gasteiger partial charge in [-0.1, -0.05) is 0 Å². The van der Waals surface area contributed by atoms with Crippen LogP contribution in [0.2, 0.25) is 0 Å². The topological polar surface area (TPSA) is 110 Å². The maximum absolute atomic E-state index is 11.9. The van der Waals surface area contributed by atoms with Crippen molar-refractivity contribution in [2.75, 3.05) is 12.3 Å². The summed E-state index contributed by atoms with van der Waals surface area (Å²) < 4.78 is 0. The van der Waals surface area contributed by atoms with Crippen LogP contribution in [0.1, 0.15) is 21.9 Å². The number of rotatable bonds is 4. The fraction of sp³-hybridized carbons (Fsp3) is 0.273. The van der Waals surface area contributed by atoms with E-state index in [0.29, 0.717) is 29.9 Å². The van der Waals surface area contributed by atoms with Crippen LogP contribution in [0.15, 0.2) is 18.6 Å². The number of pyridine rings is 1. The number of carbonyl (C=O) groups excluding carboxylic acids is 1. The van der Waals surface area contributed by atoms with Gasteiger partial charge in [-0.25, -0.2) is 4.98 Å². The van der Waals surface area contributed by atoms with Gasteiger partial charge < -0.3 is 11.1 Å². The Morgan fingerprint density at radius 3 is 3.06 bits per heavy atom. The van der Waals surface area contributed by atoms with Crippen LogP contribution in [0.25, 0.3) is 0 Å². The zero-order chi connectivity index (χ0) is 13.0. The molecule has 0 unspecified atom stereocenters. The zero-order valence-electron chi connectivity index (χ0n) is 9.97. The first-order chi connectivity index (χ1) is 8.66. The SMILES string of the molecule is Cc1ncc(N)cc1C(=O)NCCc1ncn[nH]1. The average molecular weight is 246 g/mol. The molecule has 0 bridgehead atoms. The fourth-order valence-electron chi connectivity index (χ4n) is 1.52. The Balaban J connectivity index is 1.93. The molecule has 2 heterocycles. The number of nitrogens with zero attached hydrogens (tertiary/aromatic N) is 3. The van der Waals surface area contributed by atoms with Crippen molar-refractivity contribution in [3.05, 3.63) is 35.7 Å². The Morgan fingerprint density at radius 1 is 1.50 bits per heavy atom. The maximum Gasteiger partial charge on any atom is 0.253 e. The summed E-state index contributed by atoms with van der Waals surface area (Å²) >= 11 is 0. The van der Waals surface area contributed by atoms with E-state index in [1.165, 1.54) is 12.5 Å². The van der Waals surface area contributed by atoms with Crippen LogP contribution in [0.3, 0.4) is 0 Å². The van der Waals surface area contributed by atoms with E-state index in [4.69, 9.17) is 5.73 Å². The molecule has 18 heavy (non-hydrogen) atoms. The molecule has 4 N–H and O–H groups in total. The molecule has 7 nitrogen and oxygen atoms in total. The van der Waals surface area contributed by atoms with Crippen molar-refractivity contribution in [1.82, 2.24) is 25.5 Å². The molecule has 0 saturated heterocycles. The minimum Gasteiger partial charge on any atom is -0.397 e. The average Bonchev–Trinajstić information content (AvgIpc) is 2.85. The van der Waals surface area contributed by atoms with Gasteiger partial charge in [-0.2, -0.15) is 5.10 Å². The highest BCUT2D eigenvalue weighted by molar-refractivity contribution is 5.95. The van der Waals surface area contributed by atoms with Crippen molar-refractivity contribution < 1.29 is 4.79 Å². The molecule has 1 amide bonds. The fourth-order valence-corrected chi connectivity index (χ4v) is 1.52. The summed E-state index contributed by atoms with van der Waals surface area (Å²) in [5.74, 6) is 0.546. The quantitative estimate of drug-likeness (QED) is 0.706. The summed E-state index contributed by atoms with van der Waals surface area (Å²) in [5, 5.41) is 9.24. The number of aromatic amines is 1.